The molecule has 0 unspecified atom stereocenters. The SMILES string of the molecule is C=CC(=O)N1[C@H](C)CN(c2nc(=O)n3c4c(c(-c5ccc(F)c6sccc56)c(C(F)(F)F)cc24)SCCC3)C[C@@H]1C. The van der Waals surface area contributed by atoms with E-state index in [-0.39, 0.29) is 58.1 Å². The number of rotatable bonds is 3. The van der Waals surface area contributed by atoms with Gasteiger partial charge >= 0.3 is 11.9 Å². The average molecular weight is 603 g/mol. The smallest absolute Gasteiger partial charge is 0.352 e. The monoisotopic (exact) mass is 602 g/mol. The highest BCUT2D eigenvalue weighted by Gasteiger charge is 2.39. The fourth-order valence-electron chi connectivity index (χ4n) is 6.15. The van der Waals surface area contributed by atoms with Gasteiger partial charge in [0.1, 0.15) is 11.6 Å². The Labute approximate surface area is 241 Å². The van der Waals surface area contributed by atoms with Crippen LogP contribution in [0, 0.1) is 5.82 Å². The molecule has 4 aromatic rings. The minimum Gasteiger partial charge on any atom is -0.352 e. The lowest BCUT2D eigenvalue weighted by molar-refractivity contribution is -0.137. The Bertz CT molecular complexity index is 1770. The molecule has 6 nitrogen and oxygen atoms in total. The molecule has 1 saturated heterocycles. The summed E-state index contributed by atoms with van der Waals surface area (Å²) in [5.41, 5.74) is -0.760. The maximum absolute atomic E-state index is 14.9. The summed E-state index contributed by atoms with van der Waals surface area (Å²) in [5, 5.41) is 2.29. The van der Waals surface area contributed by atoms with Crippen molar-refractivity contribution >= 4 is 55.8 Å². The van der Waals surface area contributed by atoms with E-state index in [4.69, 9.17) is 0 Å². The van der Waals surface area contributed by atoms with E-state index in [0.29, 0.717) is 34.5 Å². The van der Waals surface area contributed by atoms with Crippen LogP contribution in [0.15, 0.2) is 52.0 Å². The zero-order valence-electron chi connectivity index (χ0n) is 22.3. The summed E-state index contributed by atoms with van der Waals surface area (Å²) in [6, 6.07) is 4.74. The number of fused-ring (bicyclic) bond motifs is 1. The summed E-state index contributed by atoms with van der Waals surface area (Å²) in [7, 11) is 0. The van der Waals surface area contributed by atoms with Crippen LogP contribution in [0.2, 0.25) is 0 Å². The Morgan fingerprint density at radius 3 is 2.56 bits per heavy atom. The first-order chi connectivity index (χ1) is 19.5. The number of carbonyl (C=O) groups excluding carboxylic acids is 1. The topological polar surface area (TPSA) is 58.4 Å². The predicted octanol–water partition coefficient (Wildman–Crippen LogP) is 6.54. The Balaban J connectivity index is 1.66. The molecule has 4 heterocycles. The molecule has 0 N–H and O–H groups in total. The fourth-order valence-corrected chi connectivity index (χ4v) is 8.18. The summed E-state index contributed by atoms with van der Waals surface area (Å²) in [6.45, 7) is 8.17. The minimum absolute atomic E-state index is 0.0475. The van der Waals surface area contributed by atoms with Gasteiger partial charge in [0, 0.05) is 52.9 Å². The first kappa shape index (κ1) is 27.8. The van der Waals surface area contributed by atoms with Crippen LogP contribution in [0.5, 0.6) is 0 Å². The molecule has 0 radical (unpaired) electrons. The van der Waals surface area contributed by atoms with Crippen LogP contribution in [0.25, 0.3) is 32.1 Å². The average Bonchev–Trinajstić information content (AvgIpc) is 3.31. The normalized spacial score (nSPS) is 19.6. The second-order valence-corrected chi connectivity index (χ2v) is 12.4. The molecule has 214 valence electrons. The molecule has 1 amide bonds. The number of halogens is 4. The second-order valence-electron chi connectivity index (χ2n) is 10.4. The molecule has 2 atom stereocenters. The van der Waals surface area contributed by atoms with E-state index in [1.54, 1.807) is 21.2 Å². The van der Waals surface area contributed by atoms with Crippen molar-refractivity contribution in [1.82, 2.24) is 14.5 Å². The van der Waals surface area contributed by atoms with Gasteiger partial charge in [-0.25, -0.2) is 9.18 Å². The number of aromatic nitrogens is 2. The molecule has 0 bridgehead atoms. The molecule has 0 saturated carbocycles. The summed E-state index contributed by atoms with van der Waals surface area (Å²) in [5.74, 6) is -0.0476. The van der Waals surface area contributed by atoms with Gasteiger partial charge in [-0.1, -0.05) is 12.6 Å². The highest BCUT2D eigenvalue weighted by atomic mass is 32.2. The summed E-state index contributed by atoms with van der Waals surface area (Å²) in [4.78, 5) is 34.1. The zero-order valence-corrected chi connectivity index (χ0v) is 23.9. The van der Waals surface area contributed by atoms with Gasteiger partial charge in [-0.05, 0) is 61.2 Å². The number of carbonyl (C=O) groups is 1. The number of benzene rings is 2. The number of aryl methyl sites for hydroxylation is 1. The molecule has 2 aliphatic heterocycles. The lowest BCUT2D eigenvalue weighted by Gasteiger charge is -2.44. The van der Waals surface area contributed by atoms with Crippen molar-refractivity contribution in [3.05, 3.63) is 64.2 Å². The molecule has 2 aromatic heterocycles. The highest BCUT2D eigenvalue weighted by Crippen LogP contribution is 2.50. The Hall–Kier alpha value is -3.38. The fraction of sp³-hybridized carbons (Fsp3) is 0.345. The van der Waals surface area contributed by atoms with Crippen LogP contribution in [0.3, 0.4) is 0 Å². The molecular weight excluding hydrogens is 576 g/mol. The number of piperazine rings is 1. The van der Waals surface area contributed by atoms with Crippen molar-refractivity contribution in [2.45, 2.75) is 50.0 Å². The summed E-state index contributed by atoms with van der Waals surface area (Å²) >= 11 is 2.41. The highest BCUT2D eigenvalue weighted by molar-refractivity contribution is 7.99. The Kier molecular flexibility index (Phi) is 6.88. The Morgan fingerprint density at radius 1 is 1.15 bits per heavy atom. The lowest BCUT2D eigenvalue weighted by Crippen LogP contribution is -2.58. The molecular formula is C29H26F4N4O2S2. The molecule has 2 aliphatic rings. The zero-order chi connectivity index (χ0) is 29.2. The van der Waals surface area contributed by atoms with Gasteiger partial charge in [0.2, 0.25) is 5.91 Å². The third kappa shape index (κ3) is 4.51. The second kappa shape index (κ2) is 10.2. The van der Waals surface area contributed by atoms with Crippen molar-refractivity contribution < 1.29 is 22.4 Å². The van der Waals surface area contributed by atoms with Gasteiger partial charge in [0.25, 0.3) is 0 Å². The first-order valence-electron chi connectivity index (χ1n) is 13.2. The number of nitrogens with zero attached hydrogens (tertiary/aromatic N) is 4. The molecule has 2 aromatic carbocycles. The number of thiophene rings is 1. The van der Waals surface area contributed by atoms with Crippen molar-refractivity contribution in [1.29, 1.82) is 0 Å². The van der Waals surface area contributed by atoms with E-state index in [2.05, 4.69) is 11.6 Å². The predicted molar refractivity (Wildman–Crippen MR) is 155 cm³/mol. The van der Waals surface area contributed by atoms with Crippen molar-refractivity contribution in [2.24, 2.45) is 0 Å². The maximum atomic E-state index is 14.9. The van der Waals surface area contributed by atoms with Crippen molar-refractivity contribution in [3.63, 3.8) is 0 Å². The van der Waals surface area contributed by atoms with Crippen LogP contribution in [0.1, 0.15) is 25.8 Å². The van der Waals surface area contributed by atoms with Crippen molar-refractivity contribution in [3.8, 4) is 11.1 Å². The minimum atomic E-state index is -4.74. The van der Waals surface area contributed by atoms with Gasteiger partial charge in [0.15, 0.2) is 0 Å². The number of hydrogen-bond donors (Lipinski definition) is 0. The molecule has 0 spiro atoms. The van der Waals surface area contributed by atoms with E-state index in [9.17, 15) is 27.2 Å². The third-order valence-electron chi connectivity index (χ3n) is 7.76. The summed E-state index contributed by atoms with van der Waals surface area (Å²) < 4.78 is 61.1. The van der Waals surface area contributed by atoms with E-state index in [1.165, 1.54) is 34.5 Å². The van der Waals surface area contributed by atoms with Crippen molar-refractivity contribution in [2.75, 3.05) is 23.7 Å². The van der Waals surface area contributed by atoms with Gasteiger partial charge in [-0.15, -0.1) is 23.1 Å². The van der Waals surface area contributed by atoms with E-state index < -0.39 is 23.2 Å². The van der Waals surface area contributed by atoms with Gasteiger partial charge in [-0.2, -0.15) is 18.2 Å². The number of hydrogen-bond acceptors (Lipinski definition) is 6. The van der Waals surface area contributed by atoms with E-state index in [0.717, 1.165) is 17.4 Å². The summed E-state index contributed by atoms with van der Waals surface area (Å²) in [6.07, 6.45) is -2.92. The van der Waals surface area contributed by atoms with Gasteiger partial charge in [-0.3, -0.25) is 9.36 Å². The van der Waals surface area contributed by atoms with Gasteiger partial charge < -0.3 is 9.80 Å². The van der Waals surface area contributed by atoms with Gasteiger partial charge in [0.05, 0.1) is 15.8 Å². The number of anilines is 1. The maximum Gasteiger partial charge on any atom is 0.417 e. The number of thioether (sulfide) groups is 1. The number of alkyl halides is 3. The van der Waals surface area contributed by atoms with Crippen LogP contribution in [-0.2, 0) is 17.5 Å². The molecule has 1 fully saturated rings. The van der Waals surface area contributed by atoms with Crippen LogP contribution >= 0.6 is 23.1 Å². The standard InChI is InChI=1S/C29H26F4N4O2S2/c1-4-22(38)37-15(2)13-35(14-16(37)3)27-19-12-20(29(31,32)33)23(17-6-7-21(30)25-18(17)8-11-41-25)26-24(19)36(28(39)34-27)9-5-10-40-26/h4,6-8,11-12,15-16H,1,5,9-10,13-14H2,2-3H3/t15-,16+. The molecule has 41 heavy (non-hydrogen) atoms. The molecule has 0 aliphatic carbocycles. The van der Waals surface area contributed by atoms with E-state index >= 15 is 0 Å². The third-order valence-corrected chi connectivity index (χ3v) is 9.86. The van der Waals surface area contributed by atoms with Crippen LogP contribution in [0.4, 0.5) is 23.4 Å². The van der Waals surface area contributed by atoms with E-state index in [1.807, 2.05) is 13.8 Å². The molecule has 12 heteroatoms. The lowest BCUT2D eigenvalue weighted by atomic mass is 9.94. The quantitative estimate of drug-likeness (QED) is 0.197. The Morgan fingerprint density at radius 2 is 1.88 bits per heavy atom. The largest absolute Gasteiger partial charge is 0.417 e. The first-order valence-corrected chi connectivity index (χ1v) is 15.0. The molecule has 6 rings (SSSR count). The van der Waals surface area contributed by atoms with Crippen LogP contribution < -0.4 is 10.6 Å². The number of amides is 1. The van der Waals surface area contributed by atoms with Crippen LogP contribution in [-0.4, -0.2) is 51.3 Å².